The third-order valence-corrected chi connectivity index (χ3v) is 5.61. The van der Waals surface area contributed by atoms with Gasteiger partial charge in [-0.15, -0.1) is 11.8 Å². The molecule has 126 valence electrons. The molecule has 0 aliphatic carbocycles. The average molecular weight is 341 g/mol. The van der Waals surface area contributed by atoms with E-state index in [0.717, 1.165) is 25.9 Å². The quantitative estimate of drug-likeness (QED) is 0.851. The second kappa shape index (κ2) is 7.75. The number of phenols is 1. The topological polar surface area (TPSA) is 40.5 Å². The van der Waals surface area contributed by atoms with Gasteiger partial charge in [-0.25, -0.2) is 0 Å². The zero-order valence-electron chi connectivity index (χ0n) is 13.9. The molecule has 1 aliphatic rings. The number of hydrogen-bond acceptors (Lipinski definition) is 4. The molecule has 0 amide bonds. The van der Waals surface area contributed by atoms with E-state index >= 15 is 0 Å². The van der Waals surface area contributed by atoms with Crippen molar-refractivity contribution in [2.75, 3.05) is 18.0 Å². The Kier molecular flexibility index (Phi) is 5.46. The number of phenolic OH excluding ortho intramolecular Hbond substituents is 1. The predicted octanol–water partition coefficient (Wildman–Crippen LogP) is 4.28. The van der Waals surface area contributed by atoms with Crippen LogP contribution < -0.4 is 4.90 Å². The zero-order valence-corrected chi connectivity index (χ0v) is 14.8. The van der Waals surface area contributed by atoms with Gasteiger partial charge in [0, 0.05) is 35.3 Å². The third-order valence-electron chi connectivity index (χ3n) is 4.35. The molecule has 2 aromatic rings. The van der Waals surface area contributed by atoms with Gasteiger partial charge in [-0.2, -0.15) is 0 Å². The molecule has 1 aliphatic heterocycles. The summed E-state index contributed by atoms with van der Waals surface area (Å²) in [6.07, 6.45) is 2.61. The molecule has 3 rings (SSSR count). The molecule has 2 aromatic carbocycles. The minimum absolute atomic E-state index is 0.243. The third kappa shape index (κ3) is 4.54. The van der Waals surface area contributed by atoms with E-state index in [4.69, 9.17) is 0 Å². The molecule has 0 saturated carbocycles. The van der Waals surface area contributed by atoms with E-state index in [0.29, 0.717) is 17.4 Å². The fraction of sp³-hybridized carbons (Fsp3) is 0.350. The Balaban J connectivity index is 1.55. The maximum Gasteiger partial charge on any atom is 0.130 e. The summed E-state index contributed by atoms with van der Waals surface area (Å²) >= 11 is 1.88. The van der Waals surface area contributed by atoms with E-state index in [-0.39, 0.29) is 5.78 Å². The van der Waals surface area contributed by atoms with Crippen molar-refractivity contribution in [3.8, 4) is 5.75 Å². The molecule has 1 heterocycles. The fourth-order valence-electron chi connectivity index (χ4n) is 2.97. The van der Waals surface area contributed by atoms with Crippen LogP contribution in [0.3, 0.4) is 0 Å². The van der Waals surface area contributed by atoms with Crippen molar-refractivity contribution in [1.29, 1.82) is 0 Å². The number of hydrogen-bond donors (Lipinski definition) is 1. The molecule has 1 saturated heterocycles. The van der Waals surface area contributed by atoms with Crippen LogP contribution in [0.4, 0.5) is 5.69 Å². The monoisotopic (exact) mass is 341 g/mol. The van der Waals surface area contributed by atoms with E-state index in [1.807, 2.05) is 23.9 Å². The second-order valence-corrected chi connectivity index (χ2v) is 7.71. The Morgan fingerprint density at radius 3 is 2.54 bits per heavy atom. The first kappa shape index (κ1) is 16.9. The van der Waals surface area contributed by atoms with Crippen molar-refractivity contribution in [2.45, 2.75) is 36.3 Å². The highest BCUT2D eigenvalue weighted by Gasteiger charge is 2.23. The molecule has 0 bridgehead atoms. The Morgan fingerprint density at radius 1 is 1.17 bits per heavy atom. The van der Waals surface area contributed by atoms with E-state index < -0.39 is 0 Å². The first-order valence-corrected chi connectivity index (χ1v) is 9.27. The number of benzene rings is 2. The van der Waals surface area contributed by atoms with Gasteiger partial charge in [-0.3, -0.25) is 0 Å². The largest absolute Gasteiger partial charge is 0.508 e. The Labute approximate surface area is 147 Å². The number of rotatable bonds is 6. The molecule has 0 spiro atoms. The Hall–Kier alpha value is -1.94. The van der Waals surface area contributed by atoms with Crippen LogP contribution in [0.1, 0.15) is 25.3 Å². The molecule has 1 fully saturated rings. The van der Waals surface area contributed by atoms with Crippen molar-refractivity contribution < 1.29 is 9.90 Å². The average Bonchev–Trinajstić information content (AvgIpc) is 3.04. The van der Waals surface area contributed by atoms with Crippen LogP contribution in [0.25, 0.3) is 0 Å². The summed E-state index contributed by atoms with van der Waals surface area (Å²) in [6, 6.07) is 16.1. The Bertz CT molecular complexity index is 682. The number of Topliss-reactive ketones (excluding diaryl/α,β-unsaturated/α-hetero) is 1. The van der Waals surface area contributed by atoms with Crippen molar-refractivity contribution >= 4 is 23.2 Å². The van der Waals surface area contributed by atoms with Crippen molar-refractivity contribution in [2.24, 2.45) is 0 Å². The maximum atomic E-state index is 11.1. The van der Waals surface area contributed by atoms with Crippen LogP contribution in [0.5, 0.6) is 5.75 Å². The summed E-state index contributed by atoms with van der Waals surface area (Å²) in [4.78, 5) is 14.7. The predicted molar refractivity (Wildman–Crippen MR) is 100 cm³/mol. The lowest BCUT2D eigenvalue weighted by Crippen LogP contribution is -2.20. The first-order valence-electron chi connectivity index (χ1n) is 8.39. The molecule has 1 unspecified atom stereocenters. The number of carbonyl (C=O) groups excluding carboxylic acids is 1. The summed E-state index contributed by atoms with van der Waals surface area (Å²) in [5.74, 6) is 0.560. The highest BCUT2D eigenvalue weighted by molar-refractivity contribution is 8.00. The number of anilines is 1. The van der Waals surface area contributed by atoms with Gasteiger partial charge in [-0.1, -0.05) is 12.1 Å². The SMILES string of the molecule is CC(=O)CCc1ccc(N2CCC(Sc3ccc(O)cc3)C2)cc1. The molecule has 0 radical (unpaired) electrons. The fourth-order valence-corrected chi connectivity index (χ4v) is 4.13. The van der Waals surface area contributed by atoms with Crippen LogP contribution >= 0.6 is 11.8 Å². The normalized spacial score (nSPS) is 17.2. The van der Waals surface area contributed by atoms with Gasteiger partial charge in [0.2, 0.25) is 0 Å². The number of aromatic hydroxyl groups is 1. The van der Waals surface area contributed by atoms with Gasteiger partial charge in [-0.05, 0) is 61.7 Å². The number of nitrogens with zero attached hydrogens (tertiary/aromatic N) is 1. The van der Waals surface area contributed by atoms with E-state index in [2.05, 4.69) is 29.2 Å². The number of ketones is 1. The molecular weight excluding hydrogens is 318 g/mol. The summed E-state index contributed by atoms with van der Waals surface area (Å²) in [7, 11) is 0. The van der Waals surface area contributed by atoms with Crippen LogP contribution in [0.15, 0.2) is 53.4 Å². The lowest BCUT2D eigenvalue weighted by atomic mass is 10.1. The number of aryl methyl sites for hydroxylation is 1. The van der Waals surface area contributed by atoms with Gasteiger partial charge in [0.25, 0.3) is 0 Å². The van der Waals surface area contributed by atoms with Crippen molar-refractivity contribution in [3.63, 3.8) is 0 Å². The zero-order chi connectivity index (χ0) is 16.9. The lowest BCUT2D eigenvalue weighted by Gasteiger charge is -2.19. The summed E-state index contributed by atoms with van der Waals surface area (Å²) in [5, 5.41) is 9.94. The molecular formula is C20H23NO2S. The van der Waals surface area contributed by atoms with Crippen LogP contribution in [-0.2, 0) is 11.2 Å². The molecule has 1 N–H and O–H groups in total. The standard InChI is InChI=1S/C20H23NO2S/c1-15(22)2-3-16-4-6-17(7-5-16)21-13-12-20(14-21)24-19-10-8-18(23)9-11-19/h4-11,20,23H,2-3,12-14H2,1H3. The van der Waals surface area contributed by atoms with Gasteiger partial charge in [0.15, 0.2) is 0 Å². The van der Waals surface area contributed by atoms with Crippen LogP contribution in [0, 0.1) is 0 Å². The van der Waals surface area contributed by atoms with Crippen molar-refractivity contribution in [1.82, 2.24) is 0 Å². The van der Waals surface area contributed by atoms with E-state index in [1.165, 1.54) is 16.1 Å². The maximum absolute atomic E-state index is 11.1. The van der Waals surface area contributed by atoms with Gasteiger partial charge < -0.3 is 14.8 Å². The molecule has 1 atom stereocenters. The smallest absolute Gasteiger partial charge is 0.130 e. The summed E-state index contributed by atoms with van der Waals surface area (Å²) in [5.41, 5.74) is 2.48. The highest BCUT2D eigenvalue weighted by atomic mass is 32.2. The van der Waals surface area contributed by atoms with E-state index in [1.54, 1.807) is 19.1 Å². The number of thioether (sulfide) groups is 1. The van der Waals surface area contributed by atoms with Gasteiger partial charge >= 0.3 is 0 Å². The lowest BCUT2D eigenvalue weighted by molar-refractivity contribution is -0.116. The minimum atomic E-state index is 0.243. The Morgan fingerprint density at radius 2 is 1.88 bits per heavy atom. The summed E-state index contributed by atoms with van der Waals surface area (Å²) in [6.45, 7) is 3.76. The summed E-state index contributed by atoms with van der Waals surface area (Å²) < 4.78 is 0. The van der Waals surface area contributed by atoms with Gasteiger partial charge in [0.05, 0.1) is 0 Å². The molecule has 0 aromatic heterocycles. The molecule has 24 heavy (non-hydrogen) atoms. The number of carbonyl (C=O) groups is 1. The van der Waals surface area contributed by atoms with Gasteiger partial charge in [0.1, 0.15) is 11.5 Å². The van der Waals surface area contributed by atoms with Crippen LogP contribution in [-0.4, -0.2) is 29.2 Å². The highest BCUT2D eigenvalue weighted by Crippen LogP contribution is 2.32. The second-order valence-electron chi connectivity index (χ2n) is 6.34. The molecule has 4 heteroatoms. The minimum Gasteiger partial charge on any atom is -0.508 e. The molecule has 3 nitrogen and oxygen atoms in total. The van der Waals surface area contributed by atoms with Crippen LogP contribution in [0.2, 0.25) is 0 Å². The first-order chi connectivity index (χ1) is 11.6. The van der Waals surface area contributed by atoms with E-state index in [9.17, 15) is 9.90 Å². The van der Waals surface area contributed by atoms with Crippen molar-refractivity contribution in [3.05, 3.63) is 54.1 Å².